The molecule has 1 atom stereocenters. The third-order valence-corrected chi connectivity index (χ3v) is 2.81. The number of aliphatic hydroxyl groups excluding tert-OH is 1. The van der Waals surface area contributed by atoms with Gasteiger partial charge >= 0.3 is 0 Å². The maximum Gasteiger partial charge on any atom is 0.0449 e. The summed E-state index contributed by atoms with van der Waals surface area (Å²) in [5.41, 5.74) is 1.36. The van der Waals surface area contributed by atoms with Crippen LogP contribution in [0.4, 0.5) is 0 Å². The number of piperidine rings is 1. The number of hydrogen-bond donors (Lipinski definition) is 1. The van der Waals surface area contributed by atoms with Crippen LogP contribution in [0.25, 0.3) is 0 Å². The van der Waals surface area contributed by atoms with Crippen molar-refractivity contribution in [1.29, 1.82) is 0 Å². The van der Waals surface area contributed by atoms with E-state index in [4.69, 9.17) is 5.11 Å². The van der Waals surface area contributed by atoms with Crippen molar-refractivity contribution in [2.24, 2.45) is 0 Å². The third kappa shape index (κ3) is 3.81. The van der Waals surface area contributed by atoms with Crippen molar-refractivity contribution in [3.8, 4) is 0 Å². The Balaban J connectivity index is 2.51. The highest BCUT2D eigenvalue weighted by Crippen LogP contribution is 2.16. The quantitative estimate of drug-likeness (QED) is 0.698. The highest BCUT2D eigenvalue weighted by atomic mass is 16.3. The zero-order chi connectivity index (χ0) is 10.4. The molecule has 1 heterocycles. The lowest BCUT2D eigenvalue weighted by molar-refractivity contribution is 0.159. The Hall–Kier alpha value is -0.340. The second-order valence-corrected chi connectivity index (χ2v) is 4.42. The first-order valence-corrected chi connectivity index (χ1v) is 5.74. The molecule has 1 saturated heterocycles. The van der Waals surface area contributed by atoms with Gasteiger partial charge in [-0.15, -0.1) is 0 Å². The van der Waals surface area contributed by atoms with Crippen molar-refractivity contribution >= 4 is 0 Å². The first-order chi connectivity index (χ1) is 6.74. The van der Waals surface area contributed by atoms with Gasteiger partial charge in [-0.1, -0.05) is 18.1 Å². The monoisotopic (exact) mass is 197 g/mol. The summed E-state index contributed by atoms with van der Waals surface area (Å²) in [5.74, 6) is 0. The van der Waals surface area contributed by atoms with E-state index in [2.05, 4.69) is 24.8 Å². The summed E-state index contributed by atoms with van der Waals surface area (Å²) in [7, 11) is 0. The van der Waals surface area contributed by atoms with E-state index in [1.54, 1.807) is 0 Å². The van der Waals surface area contributed by atoms with Gasteiger partial charge in [0, 0.05) is 12.6 Å². The normalized spacial score (nSPS) is 20.5. The molecule has 0 saturated carbocycles. The Morgan fingerprint density at radius 2 is 1.93 bits per heavy atom. The van der Waals surface area contributed by atoms with E-state index in [-0.39, 0.29) is 0 Å². The molecule has 2 nitrogen and oxygen atoms in total. The van der Waals surface area contributed by atoms with Crippen molar-refractivity contribution in [3.05, 3.63) is 11.6 Å². The third-order valence-electron chi connectivity index (χ3n) is 2.81. The minimum atomic E-state index is 0.297. The summed E-state index contributed by atoms with van der Waals surface area (Å²) in [6.07, 6.45) is 7.18. The fourth-order valence-corrected chi connectivity index (χ4v) is 2.14. The van der Waals surface area contributed by atoms with Gasteiger partial charge in [-0.2, -0.15) is 0 Å². The van der Waals surface area contributed by atoms with Crippen LogP contribution in [0.5, 0.6) is 0 Å². The predicted octanol–water partition coefficient (Wildman–Crippen LogP) is 2.19. The molecule has 0 aromatic rings. The van der Waals surface area contributed by atoms with E-state index in [9.17, 15) is 0 Å². The summed E-state index contributed by atoms with van der Waals surface area (Å²) in [6.45, 7) is 6.97. The fourth-order valence-electron chi connectivity index (χ4n) is 2.14. The van der Waals surface area contributed by atoms with Gasteiger partial charge < -0.3 is 5.11 Å². The van der Waals surface area contributed by atoms with Gasteiger partial charge in [0.1, 0.15) is 0 Å². The lowest BCUT2D eigenvalue weighted by Gasteiger charge is -2.33. The molecule has 0 aromatic carbocycles. The van der Waals surface area contributed by atoms with E-state index in [1.807, 2.05) is 0 Å². The van der Waals surface area contributed by atoms with Gasteiger partial charge in [0.15, 0.2) is 0 Å². The van der Waals surface area contributed by atoms with E-state index in [0.717, 1.165) is 6.42 Å². The van der Waals surface area contributed by atoms with Crippen LogP contribution in [0.15, 0.2) is 11.6 Å². The van der Waals surface area contributed by atoms with Crippen LogP contribution in [0, 0.1) is 0 Å². The van der Waals surface area contributed by atoms with Gasteiger partial charge in [0.25, 0.3) is 0 Å². The first-order valence-electron chi connectivity index (χ1n) is 5.74. The van der Waals surface area contributed by atoms with Crippen LogP contribution in [0.3, 0.4) is 0 Å². The highest BCUT2D eigenvalue weighted by Gasteiger charge is 2.17. The zero-order valence-corrected chi connectivity index (χ0v) is 9.50. The molecule has 0 aromatic heterocycles. The topological polar surface area (TPSA) is 23.5 Å². The number of aliphatic hydroxyl groups is 1. The summed E-state index contributed by atoms with van der Waals surface area (Å²) >= 11 is 0. The average Bonchev–Trinajstić information content (AvgIpc) is 2.18. The summed E-state index contributed by atoms with van der Waals surface area (Å²) in [5, 5.41) is 9.02. The molecule has 0 bridgehead atoms. The second-order valence-electron chi connectivity index (χ2n) is 4.42. The summed E-state index contributed by atoms with van der Waals surface area (Å²) < 4.78 is 0. The number of nitrogens with zero attached hydrogens (tertiary/aromatic N) is 1. The van der Waals surface area contributed by atoms with Crippen LogP contribution in [-0.2, 0) is 0 Å². The fraction of sp³-hybridized carbons (Fsp3) is 0.833. The largest absolute Gasteiger partial charge is 0.396 e. The second kappa shape index (κ2) is 6.20. The molecule has 0 amide bonds. The molecule has 1 aliphatic rings. The number of rotatable bonds is 4. The molecule has 14 heavy (non-hydrogen) atoms. The molecule has 0 radical (unpaired) electrons. The van der Waals surface area contributed by atoms with Crippen molar-refractivity contribution in [1.82, 2.24) is 4.90 Å². The SMILES string of the molecule is CC(C)=CC(CCO)N1CCCCC1. The molecule has 2 heteroatoms. The van der Waals surface area contributed by atoms with Crippen molar-refractivity contribution in [2.75, 3.05) is 19.7 Å². The molecule has 0 spiro atoms. The minimum Gasteiger partial charge on any atom is -0.396 e. The molecular formula is C12H23NO. The number of hydrogen-bond acceptors (Lipinski definition) is 2. The Kier molecular flexibility index (Phi) is 5.20. The van der Waals surface area contributed by atoms with Gasteiger partial charge in [0.2, 0.25) is 0 Å². The van der Waals surface area contributed by atoms with Crippen LogP contribution in [-0.4, -0.2) is 35.7 Å². The van der Waals surface area contributed by atoms with E-state index >= 15 is 0 Å². The van der Waals surface area contributed by atoms with Crippen molar-refractivity contribution in [2.45, 2.75) is 45.6 Å². The van der Waals surface area contributed by atoms with Crippen LogP contribution in [0.1, 0.15) is 39.5 Å². The Labute approximate surface area is 87.6 Å². The van der Waals surface area contributed by atoms with Crippen molar-refractivity contribution in [3.63, 3.8) is 0 Å². The van der Waals surface area contributed by atoms with Crippen LogP contribution >= 0.6 is 0 Å². The molecule has 1 unspecified atom stereocenters. The molecule has 1 aliphatic heterocycles. The standard InChI is InChI=1S/C12H23NO/c1-11(2)10-12(6-9-14)13-7-4-3-5-8-13/h10,12,14H,3-9H2,1-2H3. The van der Waals surface area contributed by atoms with Crippen LogP contribution in [0.2, 0.25) is 0 Å². The first kappa shape index (κ1) is 11.7. The van der Waals surface area contributed by atoms with E-state index in [0.29, 0.717) is 12.6 Å². The van der Waals surface area contributed by atoms with E-state index < -0.39 is 0 Å². The molecule has 0 aliphatic carbocycles. The Morgan fingerprint density at radius 3 is 2.43 bits per heavy atom. The number of likely N-dealkylation sites (tertiary alicyclic amines) is 1. The lowest BCUT2D eigenvalue weighted by atomic mass is 10.0. The molecule has 1 fully saturated rings. The van der Waals surface area contributed by atoms with Gasteiger partial charge in [0.05, 0.1) is 0 Å². The van der Waals surface area contributed by atoms with E-state index in [1.165, 1.54) is 37.9 Å². The van der Waals surface area contributed by atoms with Gasteiger partial charge in [-0.05, 0) is 46.2 Å². The maximum atomic E-state index is 9.02. The predicted molar refractivity (Wildman–Crippen MR) is 60.3 cm³/mol. The lowest BCUT2D eigenvalue weighted by Crippen LogP contribution is -2.38. The van der Waals surface area contributed by atoms with Gasteiger partial charge in [-0.25, -0.2) is 0 Å². The summed E-state index contributed by atoms with van der Waals surface area (Å²) in [4.78, 5) is 2.51. The smallest absolute Gasteiger partial charge is 0.0449 e. The molecular weight excluding hydrogens is 174 g/mol. The molecule has 1 N–H and O–H groups in total. The zero-order valence-electron chi connectivity index (χ0n) is 9.50. The summed E-state index contributed by atoms with van der Waals surface area (Å²) in [6, 6.07) is 0.463. The van der Waals surface area contributed by atoms with Crippen LogP contribution < -0.4 is 0 Å². The molecule has 82 valence electrons. The minimum absolute atomic E-state index is 0.297. The highest BCUT2D eigenvalue weighted by molar-refractivity contribution is 5.02. The average molecular weight is 197 g/mol. The van der Waals surface area contributed by atoms with Gasteiger partial charge in [-0.3, -0.25) is 4.90 Å². The Morgan fingerprint density at radius 1 is 1.29 bits per heavy atom. The Bertz CT molecular complexity index is 179. The maximum absolute atomic E-state index is 9.02. The number of allylic oxidation sites excluding steroid dienone is 1. The van der Waals surface area contributed by atoms with Crippen molar-refractivity contribution < 1.29 is 5.11 Å². The molecule has 1 rings (SSSR count).